The first-order valence-corrected chi connectivity index (χ1v) is 7.86. The van der Waals surface area contributed by atoms with Crippen molar-refractivity contribution in [2.24, 2.45) is 24.8 Å². The van der Waals surface area contributed by atoms with Gasteiger partial charge in [-0.1, -0.05) is 0 Å². The van der Waals surface area contributed by atoms with Gasteiger partial charge in [0.2, 0.25) is 0 Å². The lowest BCUT2D eigenvalue weighted by molar-refractivity contribution is -0.0167. The topological polar surface area (TPSA) is 46.9 Å². The summed E-state index contributed by atoms with van der Waals surface area (Å²) in [6, 6.07) is 0. The van der Waals surface area contributed by atoms with Crippen LogP contribution >= 0.6 is 0 Å². The van der Waals surface area contributed by atoms with Crippen LogP contribution in [-0.2, 0) is 7.05 Å². The van der Waals surface area contributed by atoms with E-state index in [1.165, 1.54) is 38.5 Å². The van der Waals surface area contributed by atoms with Gasteiger partial charge in [0.15, 0.2) is 0 Å². The van der Waals surface area contributed by atoms with E-state index in [1.54, 1.807) is 10.9 Å². The third-order valence-electron chi connectivity index (χ3n) is 5.90. The molecule has 4 aliphatic carbocycles. The fourth-order valence-corrected chi connectivity index (χ4v) is 5.29. The number of aryl methyl sites for hydroxylation is 1. The Balaban J connectivity index is 1.57. The number of amides is 1. The number of nitrogens with one attached hydrogen (secondary N) is 1. The highest BCUT2D eigenvalue weighted by Gasteiger charge is 2.51. The minimum absolute atomic E-state index is 0.0811. The van der Waals surface area contributed by atoms with E-state index in [0.29, 0.717) is 0 Å². The lowest BCUT2D eigenvalue weighted by atomic mass is 9.53. The number of carbonyl (C=O) groups excluding carboxylic acids is 1. The Morgan fingerprint density at radius 2 is 1.80 bits per heavy atom. The first kappa shape index (κ1) is 12.4. The Labute approximate surface area is 119 Å². The van der Waals surface area contributed by atoms with Crippen LogP contribution in [0.25, 0.3) is 0 Å². The normalized spacial score (nSPS) is 38.2. The Morgan fingerprint density at radius 3 is 2.25 bits per heavy atom. The molecule has 4 heteroatoms. The van der Waals surface area contributed by atoms with Crippen molar-refractivity contribution >= 4 is 5.91 Å². The third-order valence-corrected chi connectivity index (χ3v) is 5.90. The highest BCUT2D eigenvalue weighted by molar-refractivity contribution is 5.95. The SMILES string of the molecule is Cc1c(C(=O)NC23CC4CC(CC(C4)C2)C3)cnn1C. The molecule has 0 aromatic carbocycles. The van der Waals surface area contributed by atoms with Crippen LogP contribution in [0.15, 0.2) is 6.20 Å². The molecule has 4 nitrogen and oxygen atoms in total. The molecule has 1 aromatic heterocycles. The summed E-state index contributed by atoms with van der Waals surface area (Å²) >= 11 is 0. The van der Waals surface area contributed by atoms with Gasteiger partial charge in [0, 0.05) is 18.3 Å². The van der Waals surface area contributed by atoms with Gasteiger partial charge in [-0.15, -0.1) is 0 Å². The predicted molar refractivity (Wildman–Crippen MR) is 76.3 cm³/mol. The van der Waals surface area contributed by atoms with E-state index in [1.807, 2.05) is 14.0 Å². The van der Waals surface area contributed by atoms with Gasteiger partial charge in [-0.05, 0) is 63.2 Å². The summed E-state index contributed by atoms with van der Waals surface area (Å²) in [7, 11) is 1.89. The molecule has 0 atom stereocenters. The summed E-state index contributed by atoms with van der Waals surface area (Å²) in [5.41, 5.74) is 1.78. The summed E-state index contributed by atoms with van der Waals surface area (Å²) in [5, 5.41) is 7.59. The van der Waals surface area contributed by atoms with Gasteiger partial charge in [-0.2, -0.15) is 5.10 Å². The van der Waals surface area contributed by atoms with Gasteiger partial charge in [0.05, 0.1) is 11.8 Å². The molecule has 1 amide bonds. The van der Waals surface area contributed by atoms with Gasteiger partial charge in [0.1, 0.15) is 0 Å². The van der Waals surface area contributed by atoms with Crippen LogP contribution < -0.4 is 5.32 Å². The van der Waals surface area contributed by atoms with Crippen molar-refractivity contribution in [3.05, 3.63) is 17.5 Å². The summed E-state index contributed by atoms with van der Waals surface area (Å²) in [4.78, 5) is 12.6. The van der Waals surface area contributed by atoms with Gasteiger partial charge < -0.3 is 5.32 Å². The summed E-state index contributed by atoms with van der Waals surface area (Å²) in [6.07, 6.45) is 9.51. The number of hydrogen-bond acceptors (Lipinski definition) is 2. The molecule has 1 N–H and O–H groups in total. The second-order valence-electron chi connectivity index (χ2n) is 7.42. The molecule has 4 aliphatic rings. The molecule has 0 saturated heterocycles. The molecule has 0 aliphatic heterocycles. The fraction of sp³-hybridized carbons (Fsp3) is 0.750. The fourth-order valence-electron chi connectivity index (χ4n) is 5.29. The van der Waals surface area contributed by atoms with E-state index in [9.17, 15) is 4.79 Å². The van der Waals surface area contributed by atoms with Gasteiger partial charge in [-0.25, -0.2) is 0 Å². The maximum Gasteiger partial charge on any atom is 0.255 e. The van der Waals surface area contributed by atoms with Crippen molar-refractivity contribution in [1.82, 2.24) is 15.1 Å². The molecule has 0 radical (unpaired) electrons. The third kappa shape index (κ3) is 1.80. The lowest BCUT2D eigenvalue weighted by Crippen LogP contribution is -2.59. The molecule has 20 heavy (non-hydrogen) atoms. The van der Waals surface area contributed by atoms with E-state index < -0.39 is 0 Å². The zero-order valence-electron chi connectivity index (χ0n) is 12.4. The molecule has 5 rings (SSSR count). The van der Waals surface area contributed by atoms with Crippen molar-refractivity contribution in [3.8, 4) is 0 Å². The Morgan fingerprint density at radius 1 is 1.25 bits per heavy atom. The van der Waals surface area contributed by atoms with Crippen molar-refractivity contribution in [2.75, 3.05) is 0 Å². The van der Waals surface area contributed by atoms with Crippen molar-refractivity contribution in [2.45, 2.75) is 51.0 Å². The zero-order valence-corrected chi connectivity index (χ0v) is 12.4. The molecule has 0 spiro atoms. The van der Waals surface area contributed by atoms with Gasteiger partial charge >= 0.3 is 0 Å². The molecule has 0 unspecified atom stereocenters. The van der Waals surface area contributed by atoms with E-state index >= 15 is 0 Å². The molecule has 4 fully saturated rings. The molecule has 1 aromatic rings. The average molecular weight is 273 g/mol. The van der Waals surface area contributed by atoms with Crippen LogP contribution in [0.4, 0.5) is 0 Å². The number of carbonyl (C=O) groups is 1. The highest BCUT2D eigenvalue weighted by atomic mass is 16.1. The summed E-state index contributed by atoms with van der Waals surface area (Å²) in [5.74, 6) is 2.65. The molecule has 108 valence electrons. The smallest absolute Gasteiger partial charge is 0.255 e. The van der Waals surface area contributed by atoms with Gasteiger partial charge in [-0.3, -0.25) is 9.48 Å². The predicted octanol–water partition coefficient (Wildman–Crippen LogP) is 2.43. The maximum atomic E-state index is 12.6. The molecule has 1 heterocycles. The van der Waals surface area contributed by atoms with Crippen LogP contribution in [0.2, 0.25) is 0 Å². The molecular formula is C16H23N3O. The minimum atomic E-state index is 0.0811. The van der Waals surface area contributed by atoms with Crippen molar-refractivity contribution < 1.29 is 4.79 Å². The van der Waals surface area contributed by atoms with Crippen LogP contribution in [0.3, 0.4) is 0 Å². The number of aromatic nitrogens is 2. The van der Waals surface area contributed by atoms with E-state index in [0.717, 1.165) is 29.0 Å². The summed E-state index contributed by atoms with van der Waals surface area (Å²) < 4.78 is 1.77. The quantitative estimate of drug-likeness (QED) is 0.899. The largest absolute Gasteiger partial charge is 0.346 e. The highest BCUT2D eigenvalue weighted by Crippen LogP contribution is 2.55. The van der Waals surface area contributed by atoms with Crippen LogP contribution in [-0.4, -0.2) is 21.2 Å². The number of hydrogen-bond donors (Lipinski definition) is 1. The maximum absolute atomic E-state index is 12.6. The van der Waals surface area contributed by atoms with Crippen LogP contribution in [0.5, 0.6) is 0 Å². The molecule has 4 bridgehead atoms. The van der Waals surface area contributed by atoms with Gasteiger partial charge in [0.25, 0.3) is 5.91 Å². The van der Waals surface area contributed by atoms with E-state index in [-0.39, 0.29) is 11.4 Å². The van der Waals surface area contributed by atoms with Crippen molar-refractivity contribution in [1.29, 1.82) is 0 Å². The van der Waals surface area contributed by atoms with E-state index in [2.05, 4.69) is 10.4 Å². The number of nitrogens with zero attached hydrogens (tertiary/aromatic N) is 2. The second kappa shape index (κ2) is 4.09. The molecule has 4 saturated carbocycles. The van der Waals surface area contributed by atoms with Crippen LogP contribution in [0.1, 0.15) is 54.6 Å². The summed E-state index contributed by atoms with van der Waals surface area (Å²) in [6.45, 7) is 1.96. The zero-order chi connectivity index (χ0) is 13.9. The average Bonchev–Trinajstić information content (AvgIpc) is 2.67. The first-order chi connectivity index (χ1) is 9.55. The monoisotopic (exact) mass is 273 g/mol. The van der Waals surface area contributed by atoms with Crippen LogP contribution in [0, 0.1) is 24.7 Å². The first-order valence-electron chi connectivity index (χ1n) is 7.86. The number of rotatable bonds is 2. The Bertz CT molecular complexity index is 525. The Hall–Kier alpha value is -1.32. The van der Waals surface area contributed by atoms with E-state index in [4.69, 9.17) is 0 Å². The second-order valence-corrected chi connectivity index (χ2v) is 7.42. The van der Waals surface area contributed by atoms with Crippen molar-refractivity contribution in [3.63, 3.8) is 0 Å². The lowest BCUT2D eigenvalue weighted by Gasteiger charge is -2.56. The standard InChI is InChI=1S/C16H23N3O/c1-10-14(9-17-19(10)2)15(20)18-16-6-11-3-12(7-16)5-13(4-11)8-16/h9,11-13H,3-8H2,1-2H3,(H,18,20). The minimum Gasteiger partial charge on any atom is -0.346 e. The molecular weight excluding hydrogens is 250 g/mol. The Kier molecular flexibility index (Phi) is 2.54.